The van der Waals surface area contributed by atoms with Crippen molar-refractivity contribution in [1.82, 2.24) is 9.66 Å². The lowest BCUT2D eigenvalue weighted by Crippen LogP contribution is -2.20. The number of non-ortho nitro benzene ring substituents is 1. The Hall–Kier alpha value is -4.99. The Morgan fingerprint density at radius 2 is 1.92 bits per heavy atom. The largest absolute Gasteiger partial charge is 0.496 e. The summed E-state index contributed by atoms with van der Waals surface area (Å²) in [5, 5.41) is 16.9. The molecule has 0 N–H and O–H groups in total. The molecule has 2 aromatic heterocycles. The van der Waals surface area contributed by atoms with Crippen LogP contribution in [-0.4, -0.2) is 34.0 Å². The average Bonchev–Trinajstić information content (AvgIpc) is 3.37. The van der Waals surface area contributed by atoms with Crippen LogP contribution in [0.4, 0.5) is 5.69 Å². The van der Waals surface area contributed by atoms with E-state index in [1.165, 1.54) is 24.4 Å². The SMILES string of the molecule is CC[C@H](C)Oc1ccc([N+](=O)[O-])cc1C=Nn1c(-c2cc3c(OC)cccc3o2)nc2ccccc2c1=O. The number of rotatable bonds is 8. The Bertz CT molecular complexity index is 1750. The Balaban J connectivity index is 1.71. The number of methoxy groups -OCH3 is 1. The van der Waals surface area contributed by atoms with Gasteiger partial charge in [0.1, 0.15) is 17.1 Å². The number of nitrogens with zero attached hydrogens (tertiary/aromatic N) is 4. The van der Waals surface area contributed by atoms with E-state index in [2.05, 4.69) is 10.1 Å². The first-order valence-corrected chi connectivity index (χ1v) is 12.0. The molecule has 1 atom stereocenters. The standard InChI is InChI=1S/C28H24N4O6/c1-4-17(2)37-23-13-12-19(32(34)35)14-18(23)16-29-31-27(30-22-9-6-5-8-20(22)28(31)33)26-15-21-24(36-3)10-7-11-25(21)38-26/h5-17H,4H2,1-3H3/t17-/m0/s1. The van der Waals surface area contributed by atoms with Gasteiger partial charge in [-0.2, -0.15) is 9.78 Å². The lowest BCUT2D eigenvalue weighted by Gasteiger charge is -2.14. The van der Waals surface area contributed by atoms with E-state index in [0.717, 1.165) is 11.1 Å². The van der Waals surface area contributed by atoms with Crippen molar-refractivity contribution in [2.45, 2.75) is 26.4 Å². The van der Waals surface area contributed by atoms with Crippen LogP contribution in [0.1, 0.15) is 25.8 Å². The fraction of sp³-hybridized carbons (Fsp3) is 0.179. The number of hydrogen-bond acceptors (Lipinski definition) is 8. The molecular formula is C28H24N4O6. The van der Waals surface area contributed by atoms with E-state index >= 15 is 0 Å². The first-order chi connectivity index (χ1) is 18.4. The lowest BCUT2D eigenvalue weighted by atomic mass is 10.2. The van der Waals surface area contributed by atoms with E-state index < -0.39 is 10.5 Å². The van der Waals surface area contributed by atoms with Crippen molar-refractivity contribution >= 4 is 33.8 Å². The maximum Gasteiger partial charge on any atom is 0.282 e. The summed E-state index contributed by atoms with van der Waals surface area (Å²) in [5.41, 5.74) is 0.820. The Morgan fingerprint density at radius 1 is 1.11 bits per heavy atom. The first kappa shape index (κ1) is 24.7. The molecule has 0 fully saturated rings. The van der Waals surface area contributed by atoms with E-state index in [-0.39, 0.29) is 17.6 Å². The predicted molar refractivity (Wildman–Crippen MR) is 144 cm³/mol. The zero-order chi connectivity index (χ0) is 26.8. The highest BCUT2D eigenvalue weighted by Crippen LogP contribution is 2.33. The van der Waals surface area contributed by atoms with Crippen LogP contribution >= 0.6 is 0 Å². The summed E-state index contributed by atoms with van der Waals surface area (Å²) < 4.78 is 18.6. The number of nitro benzene ring substituents is 1. The van der Waals surface area contributed by atoms with Crippen molar-refractivity contribution in [2.24, 2.45) is 5.10 Å². The third-order valence-corrected chi connectivity index (χ3v) is 6.14. The maximum absolute atomic E-state index is 13.6. The maximum atomic E-state index is 13.6. The molecule has 0 spiro atoms. The molecule has 38 heavy (non-hydrogen) atoms. The van der Waals surface area contributed by atoms with Gasteiger partial charge >= 0.3 is 0 Å². The lowest BCUT2D eigenvalue weighted by molar-refractivity contribution is -0.384. The summed E-state index contributed by atoms with van der Waals surface area (Å²) in [7, 11) is 1.56. The average molecular weight is 513 g/mol. The number of aromatic nitrogens is 2. The van der Waals surface area contributed by atoms with Gasteiger partial charge in [-0.25, -0.2) is 4.98 Å². The fourth-order valence-electron chi connectivity index (χ4n) is 3.99. The molecular weight excluding hydrogens is 488 g/mol. The van der Waals surface area contributed by atoms with Crippen molar-refractivity contribution < 1.29 is 18.8 Å². The molecule has 0 aliphatic heterocycles. The van der Waals surface area contributed by atoms with Crippen LogP contribution in [0.5, 0.6) is 11.5 Å². The molecule has 0 amide bonds. The Morgan fingerprint density at radius 3 is 2.68 bits per heavy atom. The number of furan rings is 1. The van der Waals surface area contributed by atoms with Gasteiger partial charge < -0.3 is 13.9 Å². The first-order valence-electron chi connectivity index (χ1n) is 12.0. The molecule has 0 saturated heterocycles. The molecule has 0 aliphatic rings. The fourth-order valence-corrected chi connectivity index (χ4v) is 3.99. The normalized spacial score (nSPS) is 12.3. The van der Waals surface area contributed by atoms with Crippen molar-refractivity contribution in [2.75, 3.05) is 7.11 Å². The predicted octanol–water partition coefficient (Wildman–Crippen LogP) is 5.79. The third kappa shape index (κ3) is 4.59. The van der Waals surface area contributed by atoms with Gasteiger partial charge in [-0.3, -0.25) is 14.9 Å². The topological polar surface area (TPSA) is 122 Å². The highest BCUT2D eigenvalue weighted by molar-refractivity contribution is 5.89. The van der Waals surface area contributed by atoms with Crippen molar-refractivity contribution in [3.05, 3.63) is 92.8 Å². The highest BCUT2D eigenvalue weighted by atomic mass is 16.6. The molecule has 2 heterocycles. The molecule has 5 aromatic rings. The molecule has 0 radical (unpaired) electrons. The van der Waals surface area contributed by atoms with Gasteiger partial charge in [-0.05, 0) is 49.7 Å². The van der Waals surface area contributed by atoms with Crippen molar-refractivity contribution in [3.63, 3.8) is 0 Å². The van der Waals surface area contributed by atoms with Crippen LogP contribution in [0.15, 0.2) is 81.0 Å². The smallest absolute Gasteiger partial charge is 0.282 e. The molecule has 5 rings (SSSR count). The second-order valence-electron chi connectivity index (χ2n) is 8.61. The summed E-state index contributed by atoms with van der Waals surface area (Å²) in [4.78, 5) is 29.2. The number of hydrogen-bond donors (Lipinski definition) is 0. The van der Waals surface area contributed by atoms with Crippen LogP contribution < -0.4 is 15.0 Å². The summed E-state index contributed by atoms with van der Waals surface area (Å²) in [6.45, 7) is 3.87. The number of nitro groups is 1. The minimum absolute atomic E-state index is 0.128. The van der Waals surface area contributed by atoms with Crippen molar-refractivity contribution in [1.29, 1.82) is 0 Å². The van der Waals surface area contributed by atoms with E-state index in [4.69, 9.17) is 13.9 Å². The molecule has 0 unspecified atom stereocenters. The number of para-hydroxylation sites is 1. The zero-order valence-corrected chi connectivity index (χ0v) is 21.0. The van der Waals surface area contributed by atoms with Gasteiger partial charge in [0.25, 0.3) is 11.2 Å². The van der Waals surface area contributed by atoms with Gasteiger partial charge in [0.15, 0.2) is 5.76 Å². The molecule has 3 aromatic carbocycles. The van der Waals surface area contributed by atoms with Crippen LogP contribution in [-0.2, 0) is 0 Å². The molecule has 192 valence electrons. The van der Waals surface area contributed by atoms with Gasteiger partial charge in [0, 0.05) is 17.7 Å². The van der Waals surface area contributed by atoms with E-state index in [1.807, 2.05) is 19.9 Å². The number of ether oxygens (including phenoxy) is 2. The quantitative estimate of drug-likeness (QED) is 0.147. The Kier molecular flexibility index (Phi) is 6.61. The molecule has 0 aliphatic carbocycles. The molecule has 10 heteroatoms. The Labute approximate surface area is 216 Å². The second kappa shape index (κ2) is 10.2. The third-order valence-electron chi connectivity index (χ3n) is 6.14. The van der Waals surface area contributed by atoms with E-state index in [9.17, 15) is 14.9 Å². The van der Waals surface area contributed by atoms with Crippen LogP contribution in [0, 0.1) is 10.1 Å². The molecule has 0 saturated carbocycles. The minimum Gasteiger partial charge on any atom is -0.496 e. The van der Waals surface area contributed by atoms with Gasteiger partial charge in [0.2, 0.25) is 5.82 Å². The van der Waals surface area contributed by atoms with Crippen molar-refractivity contribution in [3.8, 4) is 23.1 Å². The zero-order valence-electron chi connectivity index (χ0n) is 21.0. The second-order valence-corrected chi connectivity index (χ2v) is 8.61. The monoisotopic (exact) mass is 512 g/mol. The van der Waals surface area contributed by atoms with E-state index in [1.54, 1.807) is 49.6 Å². The summed E-state index contributed by atoms with van der Waals surface area (Å²) in [5.74, 6) is 1.49. The number of benzene rings is 3. The van der Waals surface area contributed by atoms with Crippen LogP contribution in [0.25, 0.3) is 33.5 Å². The van der Waals surface area contributed by atoms with Gasteiger partial charge in [-0.1, -0.05) is 25.1 Å². The highest BCUT2D eigenvalue weighted by Gasteiger charge is 2.19. The van der Waals surface area contributed by atoms with Gasteiger partial charge in [0.05, 0.1) is 40.6 Å². The van der Waals surface area contributed by atoms with Crippen LogP contribution in [0.3, 0.4) is 0 Å². The van der Waals surface area contributed by atoms with E-state index in [0.29, 0.717) is 44.7 Å². The van der Waals surface area contributed by atoms with Gasteiger partial charge in [-0.15, -0.1) is 0 Å². The number of fused-ring (bicyclic) bond motifs is 2. The molecule has 0 bridgehead atoms. The molecule has 10 nitrogen and oxygen atoms in total. The summed E-state index contributed by atoms with van der Waals surface area (Å²) in [6, 6.07) is 18.3. The summed E-state index contributed by atoms with van der Waals surface area (Å²) in [6.07, 6.45) is 1.96. The summed E-state index contributed by atoms with van der Waals surface area (Å²) >= 11 is 0. The minimum atomic E-state index is -0.499. The van der Waals surface area contributed by atoms with Crippen LogP contribution in [0.2, 0.25) is 0 Å².